The van der Waals surface area contributed by atoms with Crippen LogP contribution in [0.15, 0.2) is 48.8 Å². The van der Waals surface area contributed by atoms with E-state index in [1.807, 2.05) is 36.4 Å². The van der Waals surface area contributed by atoms with Gasteiger partial charge in [-0.25, -0.2) is 9.97 Å². The summed E-state index contributed by atoms with van der Waals surface area (Å²) >= 11 is 0. The zero-order valence-electron chi connectivity index (χ0n) is 14.5. The number of para-hydroxylation sites is 1. The van der Waals surface area contributed by atoms with E-state index in [4.69, 9.17) is 4.74 Å². The molecule has 3 aromatic rings. The summed E-state index contributed by atoms with van der Waals surface area (Å²) in [6.45, 7) is 3.37. The quantitative estimate of drug-likeness (QED) is 0.568. The molecule has 4 heteroatoms. The van der Waals surface area contributed by atoms with Crippen molar-refractivity contribution in [1.82, 2.24) is 9.97 Å². The van der Waals surface area contributed by atoms with E-state index >= 15 is 0 Å². The minimum Gasteiger partial charge on any atom is -0.380 e. The van der Waals surface area contributed by atoms with Crippen LogP contribution in [-0.2, 0) is 11.3 Å². The number of fused-ring (bicyclic) bond motifs is 1. The molecule has 0 saturated carbocycles. The van der Waals surface area contributed by atoms with Gasteiger partial charge in [0, 0.05) is 31.0 Å². The second-order valence-electron chi connectivity index (χ2n) is 5.76. The zero-order chi connectivity index (χ0) is 17.5. The fraction of sp³-hybridized carbons (Fsp3) is 0.238. The first-order valence-electron chi connectivity index (χ1n) is 8.29. The summed E-state index contributed by atoms with van der Waals surface area (Å²) in [6.07, 6.45) is 2.34. The predicted octanol–water partition coefficient (Wildman–Crippen LogP) is 3.94. The molecule has 0 amide bonds. The van der Waals surface area contributed by atoms with Gasteiger partial charge in [0.15, 0.2) is 0 Å². The molecule has 0 aliphatic carbocycles. The minimum atomic E-state index is 0.579. The molecule has 0 fully saturated rings. The van der Waals surface area contributed by atoms with Crippen LogP contribution in [0.25, 0.3) is 10.9 Å². The van der Waals surface area contributed by atoms with Crippen molar-refractivity contribution in [2.45, 2.75) is 20.0 Å². The number of hydrogen-bond donors (Lipinski definition) is 1. The van der Waals surface area contributed by atoms with Crippen molar-refractivity contribution >= 4 is 16.7 Å². The summed E-state index contributed by atoms with van der Waals surface area (Å²) in [5, 5.41) is 4.41. The lowest BCUT2D eigenvalue weighted by Gasteiger charge is -2.07. The normalized spacial score (nSPS) is 10.3. The van der Waals surface area contributed by atoms with E-state index in [2.05, 4.69) is 40.1 Å². The molecule has 3 rings (SSSR count). The van der Waals surface area contributed by atoms with Gasteiger partial charge in [-0.1, -0.05) is 42.2 Å². The van der Waals surface area contributed by atoms with Gasteiger partial charge in [-0.2, -0.15) is 0 Å². The molecule has 25 heavy (non-hydrogen) atoms. The molecule has 4 nitrogen and oxygen atoms in total. The van der Waals surface area contributed by atoms with Crippen LogP contribution in [0.1, 0.15) is 23.1 Å². The molecule has 0 saturated heterocycles. The van der Waals surface area contributed by atoms with Crippen molar-refractivity contribution in [2.24, 2.45) is 0 Å². The van der Waals surface area contributed by atoms with Gasteiger partial charge in [0.25, 0.3) is 0 Å². The molecule has 1 N–H and O–H groups in total. The first kappa shape index (κ1) is 16.9. The number of ether oxygens (including phenoxy) is 1. The number of nitrogens with zero attached hydrogens (tertiary/aromatic N) is 2. The molecule has 0 spiro atoms. The highest BCUT2D eigenvalue weighted by Crippen LogP contribution is 2.21. The van der Waals surface area contributed by atoms with E-state index in [-0.39, 0.29) is 0 Å². The van der Waals surface area contributed by atoms with E-state index in [9.17, 15) is 0 Å². The molecular weight excluding hydrogens is 310 g/mol. The molecule has 0 aliphatic rings. The van der Waals surface area contributed by atoms with Crippen LogP contribution in [0.3, 0.4) is 0 Å². The Labute approximate surface area is 148 Å². The van der Waals surface area contributed by atoms with Crippen molar-refractivity contribution in [2.75, 3.05) is 19.0 Å². The van der Waals surface area contributed by atoms with E-state index < -0.39 is 0 Å². The van der Waals surface area contributed by atoms with Crippen LogP contribution in [0.5, 0.6) is 0 Å². The molecule has 1 aromatic heterocycles. The lowest BCUT2D eigenvalue weighted by molar-refractivity contribution is 0.184. The molecular formula is C21H21N3O. The number of nitrogens with one attached hydrogen (secondary N) is 1. The Morgan fingerprint density at radius 2 is 1.96 bits per heavy atom. The van der Waals surface area contributed by atoms with Crippen molar-refractivity contribution < 1.29 is 4.74 Å². The van der Waals surface area contributed by atoms with Crippen LogP contribution < -0.4 is 5.32 Å². The monoisotopic (exact) mass is 331 g/mol. The maximum Gasteiger partial charge on any atom is 0.137 e. The van der Waals surface area contributed by atoms with Crippen molar-refractivity contribution in [3.63, 3.8) is 0 Å². The second kappa shape index (κ2) is 8.27. The van der Waals surface area contributed by atoms with Crippen LogP contribution >= 0.6 is 0 Å². The molecule has 0 radical (unpaired) electrons. The summed E-state index contributed by atoms with van der Waals surface area (Å²) < 4.78 is 5.21. The Bertz CT molecular complexity index is 925. The second-order valence-corrected chi connectivity index (χ2v) is 5.76. The number of anilines is 1. The lowest BCUT2D eigenvalue weighted by atomic mass is 10.1. The smallest absolute Gasteiger partial charge is 0.137 e. The van der Waals surface area contributed by atoms with Gasteiger partial charge in [0.1, 0.15) is 12.1 Å². The van der Waals surface area contributed by atoms with Gasteiger partial charge in [0.05, 0.1) is 12.1 Å². The Morgan fingerprint density at radius 3 is 2.84 bits per heavy atom. The van der Waals surface area contributed by atoms with Gasteiger partial charge in [0.2, 0.25) is 0 Å². The fourth-order valence-corrected chi connectivity index (χ4v) is 2.70. The summed E-state index contributed by atoms with van der Waals surface area (Å²) in [5.41, 5.74) is 4.27. The number of benzene rings is 2. The molecule has 0 aliphatic heterocycles. The van der Waals surface area contributed by atoms with Crippen LogP contribution in [0.2, 0.25) is 0 Å². The van der Waals surface area contributed by atoms with Crippen molar-refractivity contribution in [3.8, 4) is 11.8 Å². The largest absolute Gasteiger partial charge is 0.380 e. The van der Waals surface area contributed by atoms with Crippen molar-refractivity contribution in [3.05, 3.63) is 65.5 Å². The van der Waals surface area contributed by atoms with Gasteiger partial charge in [-0.05, 0) is 30.2 Å². The highest BCUT2D eigenvalue weighted by molar-refractivity contribution is 5.90. The number of rotatable bonds is 5. The molecule has 0 atom stereocenters. The maximum atomic E-state index is 5.21. The van der Waals surface area contributed by atoms with E-state index in [0.29, 0.717) is 6.61 Å². The van der Waals surface area contributed by atoms with Crippen molar-refractivity contribution in [1.29, 1.82) is 0 Å². The lowest BCUT2D eigenvalue weighted by Crippen LogP contribution is -2.04. The number of aromatic nitrogens is 2. The predicted molar refractivity (Wildman–Crippen MR) is 101 cm³/mol. The van der Waals surface area contributed by atoms with Gasteiger partial charge in [-0.15, -0.1) is 0 Å². The molecule has 2 aromatic carbocycles. The maximum absolute atomic E-state index is 5.21. The van der Waals surface area contributed by atoms with E-state index in [0.717, 1.165) is 46.4 Å². The minimum absolute atomic E-state index is 0.579. The number of hydrogen-bond acceptors (Lipinski definition) is 4. The van der Waals surface area contributed by atoms with Gasteiger partial charge in [-0.3, -0.25) is 0 Å². The Hall–Kier alpha value is -2.90. The fourth-order valence-electron chi connectivity index (χ4n) is 2.70. The topological polar surface area (TPSA) is 47.0 Å². The Kier molecular flexibility index (Phi) is 5.61. The average Bonchev–Trinajstić information content (AvgIpc) is 2.64. The van der Waals surface area contributed by atoms with Gasteiger partial charge < -0.3 is 10.1 Å². The number of aryl methyl sites for hydroxylation is 1. The van der Waals surface area contributed by atoms with Crippen LogP contribution in [0, 0.1) is 18.8 Å². The SMILES string of the molecule is COCc1ccccc1C#CCCNc1ncnc2c(C)cccc12. The highest BCUT2D eigenvalue weighted by Gasteiger charge is 2.04. The molecule has 0 unspecified atom stereocenters. The summed E-state index contributed by atoms with van der Waals surface area (Å²) in [6, 6.07) is 14.2. The molecule has 1 heterocycles. The zero-order valence-corrected chi connectivity index (χ0v) is 14.5. The standard InChI is InChI=1S/C21H21N3O/c1-16-8-7-12-19-20(16)23-15-24-21(19)22-13-6-5-10-17-9-3-4-11-18(17)14-25-2/h3-4,7-9,11-12,15H,6,13-14H2,1-2H3,(H,22,23,24). The third-order valence-corrected chi connectivity index (χ3v) is 3.95. The van der Waals surface area contributed by atoms with Crippen LogP contribution in [-0.4, -0.2) is 23.6 Å². The average molecular weight is 331 g/mol. The Morgan fingerprint density at radius 1 is 1.08 bits per heavy atom. The first-order chi connectivity index (χ1) is 12.3. The van der Waals surface area contributed by atoms with E-state index in [1.54, 1.807) is 13.4 Å². The Balaban J connectivity index is 1.65. The third kappa shape index (κ3) is 4.14. The summed E-state index contributed by atoms with van der Waals surface area (Å²) in [4.78, 5) is 8.72. The highest BCUT2D eigenvalue weighted by atomic mass is 16.5. The number of methoxy groups -OCH3 is 1. The molecule has 0 bridgehead atoms. The summed E-state index contributed by atoms with van der Waals surface area (Å²) in [7, 11) is 1.70. The van der Waals surface area contributed by atoms with Crippen LogP contribution in [0.4, 0.5) is 5.82 Å². The van der Waals surface area contributed by atoms with E-state index in [1.165, 1.54) is 0 Å². The molecule has 126 valence electrons. The van der Waals surface area contributed by atoms with Gasteiger partial charge >= 0.3 is 0 Å². The summed E-state index contributed by atoms with van der Waals surface area (Å²) in [5.74, 6) is 7.30. The first-order valence-corrected chi connectivity index (χ1v) is 8.29. The third-order valence-electron chi connectivity index (χ3n) is 3.95.